The van der Waals surface area contributed by atoms with Gasteiger partial charge in [0.25, 0.3) is 0 Å². The van der Waals surface area contributed by atoms with Gasteiger partial charge in [-0.25, -0.2) is 0 Å². The summed E-state index contributed by atoms with van der Waals surface area (Å²) < 4.78 is 17.1. The summed E-state index contributed by atoms with van der Waals surface area (Å²) in [7, 11) is 0. The van der Waals surface area contributed by atoms with E-state index in [0.717, 1.165) is 0 Å². The number of rotatable bonds is 5. The predicted molar refractivity (Wildman–Crippen MR) is 127 cm³/mol. The molecule has 6 aliphatic rings. The molecule has 0 radical (unpaired) electrons. The Morgan fingerprint density at radius 3 is 2.29 bits per heavy atom. The van der Waals surface area contributed by atoms with Crippen LogP contribution < -0.4 is 0 Å². The highest BCUT2D eigenvalue weighted by molar-refractivity contribution is 5.75. The largest absolute Gasteiger partial charge is 0.456 e. The second-order valence-corrected chi connectivity index (χ2v) is 12.4. The average molecular weight is 545 g/mol. The average Bonchev–Trinajstić information content (AvgIpc) is 3.17. The summed E-state index contributed by atoms with van der Waals surface area (Å²) in [4.78, 5) is 13.2. The van der Waals surface area contributed by atoms with Gasteiger partial charge in [0.1, 0.15) is 41.2 Å². The van der Waals surface area contributed by atoms with Crippen molar-refractivity contribution in [1.29, 1.82) is 0 Å². The zero-order valence-corrected chi connectivity index (χ0v) is 22.1. The maximum absolute atomic E-state index is 13.2. The Bertz CT molecular complexity index is 1030. The van der Waals surface area contributed by atoms with E-state index < -0.39 is 96.2 Å². The van der Waals surface area contributed by atoms with Gasteiger partial charge in [0.2, 0.25) is 0 Å². The van der Waals surface area contributed by atoms with Crippen molar-refractivity contribution >= 4 is 5.97 Å². The molecule has 0 unspecified atom stereocenters. The first-order valence-corrected chi connectivity index (χ1v) is 13.3. The van der Waals surface area contributed by atoms with Gasteiger partial charge >= 0.3 is 5.97 Å². The van der Waals surface area contributed by atoms with Crippen LogP contribution in [0.1, 0.15) is 53.4 Å². The Balaban J connectivity index is 1.67. The van der Waals surface area contributed by atoms with Crippen molar-refractivity contribution in [1.82, 2.24) is 0 Å². The Hall–Kier alpha value is -1.19. The number of ether oxygens (including phenoxy) is 3. The van der Waals surface area contributed by atoms with Crippen LogP contribution in [0.2, 0.25) is 0 Å². The van der Waals surface area contributed by atoms with Crippen LogP contribution in [0, 0.1) is 17.3 Å². The molecule has 216 valence electrons. The SMILES string of the molecule is CC1=C(C(C)C)C[C@@]2(O)[C@@]3(CO[C@@H]4O[C@H](CO)[C@@H](O)[C@H](O)[C@H]4O)CC(=O)O[C@H]([C@]4(O)[C@H](C)CC[C@@]43O)[C@@]12O. The number of carbonyl (C=O) groups is 1. The molecule has 0 amide bonds. The number of hydrogen-bond acceptors (Lipinski definition) is 12. The van der Waals surface area contributed by atoms with Crippen molar-refractivity contribution in [2.75, 3.05) is 13.2 Å². The third kappa shape index (κ3) is 3.02. The summed E-state index contributed by atoms with van der Waals surface area (Å²) in [5, 5.41) is 90.2. The molecule has 0 aromatic carbocycles. The molecular formula is C26H40O12. The molecule has 3 aliphatic heterocycles. The van der Waals surface area contributed by atoms with E-state index in [9.17, 15) is 45.6 Å². The van der Waals surface area contributed by atoms with Crippen LogP contribution >= 0.6 is 0 Å². The molecular weight excluding hydrogens is 504 g/mol. The topological polar surface area (TPSA) is 207 Å². The summed E-state index contributed by atoms with van der Waals surface area (Å²) in [6.45, 7) is 5.67. The third-order valence-electron chi connectivity index (χ3n) is 10.6. The quantitative estimate of drug-likeness (QED) is 0.138. The van der Waals surface area contributed by atoms with E-state index in [0.29, 0.717) is 17.6 Å². The van der Waals surface area contributed by atoms with Crippen molar-refractivity contribution in [2.24, 2.45) is 17.3 Å². The third-order valence-corrected chi connectivity index (χ3v) is 10.6. The van der Waals surface area contributed by atoms with E-state index in [1.54, 1.807) is 13.8 Å². The maximum Gasteiger partial charge on any atom is 0.307 e. The van der Waals surface area contributed by atoms with Crippen LogP contribution in [0.25, 0.3) is 0 Å². The molecule has 38 heavy (non-hydrogen) atoms. The molecule has 2 bridgehead atoms. The molecule has 12 nitrogen and oxygen atoms in total. The van der Waals surface area contributed by atoms with E-state index in [1.807, 2.05) is 13.8 Å². The summed E-state index contributed by atoms with van der Waals surface area (Å²) in [5.74, 6) is -1.62. The minimum absolute atomic E-state index is 0.0374. The number of hydrogen-bond donors (Lipinski definition) is 8. The van der Waals surface area contributed by atoms with E-state index in [4.69, 9.17) is 14.2 Å². The van der Waals surface area contributed by atoms with Gasteiger partial charge in [-0.3, -0.25) is 4.79 Å². The molecule has 12 heteroatoms. The van der Waals surface area contributed by atoms with Gasteiger partial charge < -0.3 is 55.1 Å². The molecule has 2 saturated carbocycles. The molecule has 0 aromatic rings. The lowest BCUT2D eigenvalue weighted by Crippen LogP contribution is -2.87. The highest BCUT2D eigenvalue weighted by atomic mass is 16.7. The van der Waals surface area contributed by atoms with Crippen LogP contribution in [0.4, 0.5) is 0 Å². The molecule has 6 rings (SSSR count). The van der Waals surface area contributed by atoms with Gasteiger partial charge in [-0.2, -0.15) is 0 Å². The number of carbonyl (C=O) groups excluding carboxylic acids is 1. The van der Waals surface area contributed by atoms with Gasteiger partial charge in [0.15, 0.2) is 18.0 Å². The first-order chi connectivity index (χ1) is 17.6. The van der Waals surface area contributed by atoms with Gasteiger partial charge in [-0.05, 0) is 37.2 Å². The lowest BCUT2D eigenvalue weighted by atomic mass is 9.44. The number of aliphatic hydroxyl groups excluding tert-OH is 4. The number of fused-ring (bicyclic) bond motifs is 2. The Morgan fingerprint density at radius 2 is 1.68 bits per heavy atom. The molecule has 12 atom stereocenters. The number of esters is 1. The Kier molecular flexibility index (Phi) is 6.45. The Labute approximate surface area is 220 Å². The van der Waals surface area contributed by atoms with Crippen molar-refractivity contribution in [3.63, 3.8) is 0 Å². The fourth-order valence-corrected chi connectivity index (χ4v) is 8.30. The molecule has 5 fully saturated rings. The Morgan fingerprint density at radius 1 is 1.03 bits per heavy atom. The highest BCUT2D eigenvalue weighted by Gasteiger charge is 2.89. The van der Waals surface area contributed by atoms with Crippen LogP contribution in [-0.4, -0.2) is 119 Å². The van der Waals surface area contributed by atoms with E-state index in [2.05, 4.69) is 0 Å². The van der Waals surface area contributed by atoms with Crippen molar-refractivity contribution < 1.29 is 59.9 Å². The monoisotopic (exact) mass is 544 g/mol. The van der Waals surface area contributed by atoms with Gasteiger partial charge in [0, 0.05) is 6.42 Å². The summed E-state index contributed by atoms with van der Waals surface area (Å²) >= 11 is 0. The lowest BCUT2D eigenvalue weighted by Gasteiger charge is -2.67. The first-order valence-electron chi connectivity index (χ1n) is 13.3. The van der Waals surface area contributed by atoms with Crippen LogP contribution in [0.3, 0.4) is 0 Å². The summed E-state index contributed by atoms with van der Waals surface area (Å²) in [6, 6.07) is 0. The summed E-state index contributed by atoms with van der Waals surface area (Å²) in [6.07, 6.45) is -10.2. The van der Waals surface area contributed by atoms with Crippen molar-refractivity contribution in [2.45, 2.75) is 113 Å². The van der Waals surface area contributed by atoms with E-state index >= 15 is 0 Å². The smallest absolute Gasteiger partial charge is 0.307 e. The van der Waals surface area contributed by atoms with Gasteiger partial charge in [-0.1, -0.05) is 26.3 Å². The molecule has 0 aromatic heterocycles. The summed E-state index contributed by atoms with van der Waals surface area (Å²) in [5.41, 5.74) is -9.84. The maximum atomic E-state index is 13.2. The standard InChI is InChI=1S/C26H40O12/c1-11(2)14-7-24(33)22(10-36-20-19(31)18(30)17(29)15(9-27)37-20)8-16(28)38-21(26(24,35)13(14)4)25(34)12(3)5-6-23(22,25)32/h11-12,15,17-21,27,29-35H,5-10H2,1-4H3/t12-,15-,17-,18+,19-,20-,21-,22-,23+,24-,25-,26+/m1/s1. The van der Waals surface area contributed by atoms with Crippen molar-refractivity contribution in [3.8, 4) is 0 Å². The highest BCUT2D eigenvalue weighted by Crippen LogP contribution is 2.73. The minimum Gasteiger partial charge on any atom is -0.456 e. The first kappa shape index (κ1) is 28.3. The van der Waals surface area contributed by atoms with E-state index in [1.165, 1.54) is 0 Å². The van der Waals surface area contributed by atoms with Crippen LogP contribution in [0.5, 0.6) is 0 Å². The van der Waals surface area contributed by atoms with E-state index in [-0.39, 0.29) is 18.8 Å². The molecule has 3 saturated heterocycles. The lowest BCUT2D eigenvalue weighted by molar-refractivity contribution is -0.383. The van der Waals surface area contributed by atoms with Crippen LogP contribution in [-0.2, 0) is 19.0 Å². The fourth-order valence-electron chi connectivity index (χ4n) is 8.30. The second-order valence-electron chi connectivity index (χ2n) is 12.4. The zero-order valence-electron chi connectivity index (χ0n) is 22.1. The minimum atomic E-state index is -2.27. The van der Waals surface area contributed by atoms with Crippen molar-refractivity contribution in [3.05, 3.63) is 11.1 Å². The molecule has 3 aliphatic carbocycles. The van der Waals surface area contributed by atoms with Gasteiger partial charge in [0.05, 0.1) is 25.0 Å². The molecule has 3 heterocycles. The molecule has 8 N–H and O–H groups in total. The number of aliphatic hydroxyl groups is 8. The predicted octanol–water partition coefficient (Wildman–Crippen LogP) is -2.15. The van der Waals surface area contributed by atoms with Crippen LogP contribution in [0.15, 0.2) is 11.1 Å². The van der Waals surface area contributed by atoms with Gasteiger partial charge in [-0.15, -0.1) is 0 Å². The molecule has 0 spiro atoms. The fraction of sp³-hybridized carbons (Fsp3) is 0.885. The zero-order chi connectivity index (χ0) is 28.2. The normalized spacial score (nSPS) is 54.2. The second kappa shape index (κ2) is 8.65.